The lowest BCUT2D eigenvalue weighted by Gasteiger charge is -2.12. The van der Waals surface area contributed by atoms with Gasteiger partial charge in [-0.15, -0.1) is 5.10 Å². The number of aromatic nitrogens is 3. The summed E-state index contributed by atoms with van der Waals surface area (Å²) in [6, 6.07) is 7.28. The first-order chi connectivity index (χ1) is 9.06. The van der Waals surface area contributed by atoms with Crippen LogP contribution >= 0.6 is 0 Å². The molecule has 100 valence electrons. The summed E-state index contributed by atoms with van der Waals surface area (Å²) in [5.74, 6) is -0.484. The second kappa shape index (κ2) is 5.09. The Morgan fingerprint density at radius 3 is 2.63 bits per heavy atom. The van der Waals surface area contributed by atoms with Crippen LogP contribution in [0.15, 0.2) is 24.3 Å². The second-order valence-electron chi connectivity index (χ2n) is 4.37. The molecule has 1 N–H and O–H groups in total. The van der Waals surface area contributed by atoms with Crippen LogP contribution in [0.3, 0.4) is 0 Å². The Morgan fingerprint density at radius 2 is 2.05 bits per heavy atom. The highest BCUT2D eigenvalue weighted by Crippen LogP contribution is 2.27. The van der Waals surface area contributed by atoms with Gasteiger partial charge < -0.3 is 9.84 Å². The molecule has 0 atom stereocenters. The summed E-state index contributed by atoms with van der Waals surface area (Å²) in [4.78, 5) is 11.2. The molecule has 2 aromatic rings. The number of benzene rings is 1. The fourth-order valence-electron chi connectivity index (χ4n) is 1.94. The van der Waals surface area contributed by atoms with E-state index in [2.05, 4.69) is 10.3 Å². The van der Waals surface area contributed by atoms with Crippen LogP contribution in [0.25, 0.3) is 5.69 Å². The number of carboxylic acids is 1. The topological polar surface area (TPSA) is 77.2 Å². The van der Waals surface area contributed by atoms with E-state index in [-0.39, 0.29) is 11.6 Å². The molecule has 19 heavy (non-hydrogen) atoms. The molecule has 1 aromatic heterocycles. The third-order valence-corrected chi connectivity index (χ3v) is 2.77. The van der Waals surface area contributed by atoms with Crippen molar-refractivity contribution in [2.75, 3.05) is 7.11 Å². The second-order valence-corrected chi connectivity index (χ2v) is 4.37. The van der Waals surface area contributed by atoms with Crippen molar-refractivity contribution in [1.82, 2.24) is 15.0 Å². The molecule has 0 saturated heterocycles. The minimum atomic E-state index is -1.08. The van der Waals surface area contributed by atoms with Crippen molar-refractivity contribution in [3.05, 3.63) is 35.7 Å². The van der Waals surface area contributed by atoms with E-state index in [1.165, 1.54) is 4.68 Å². The molecule has 0 amide bonds. The summed E-state index contributed by atoms with van der Waals surface area (Å²) in [7, 11) is 1.56. The molecule has 2 rings (SSSR count). The van der Waals surface area contributed by atoms with Crippen LogP contribution in [0.1, 0.15) is 35.9 Å². The SMILES string of the molecule is COc1ccccc1-n1nnc(C(=O)O)c1C(C)C. The predicted molar refractivity (Wildman–Crippen MR) is 69.0 cm³/mol. The lowest BCUT2D eigenvalue weighted by Crippen LogP contribution is -2.09. The summed E-state index contributed by atoms with van der Waals surface area (Å²) >= 11 is 0. The van der Waals surface area contributed by atoms with Crippen molar-refractivity contribution in [3.8, 4) is 11.4 Å². The van der Waals surface area contributed by atoms with Crippen LogP contribution in [0.4, 0.5) is 0 Å². The fourth-order valence-corrected chi connectivity index (χ4v) is 1.94. The van der Waals surface area contributed by atoms with Gasteiger partial charge in [0.25, 0.3) is 0 Å². The van der Waals surface area contributed by atoms with E-state index in [1.807, 2.05) is 32.0 Å². The Labute approximate surface area is 110 Å². The van der Waals surface area contributed by atoms with Crippen LogP contribution in [-0.4, -0.2) is 33.2 Å². The highest BCUT2D eigenvalue weighted by atomic mass is 16.5. The van der Waals surface area contributed by atoms with Crippen LogP contribution in [-0.2, 0) is 0 Å². The van der Waals surface area contributed by atoms with Gasteiger partial charge in [0.15, 0.2) is 5.69 Å². The van der Waals surface area contributed by atoms with Gasteiger partial charge >= 0.3 is 5.97 Å². The minimum absolute atomic E-state index is 0.0222. The predicted octanol–water partition coefficient (Wildman–Crippen LogP) is 2.10. The summed E-state index contributed by atoms with van der Waals surface area (Å²) in [5.41, 5.74) is 1.20. The number of methoxy groups -OCH3 is 1. The number of hydrogen-bond donors (Lipinski definition) is 1. The lowest BCUT2D eigenvalue weighted by atomic mass is 10.1. The standard InChI is InChI=1S/C13H15N3O3/c1-8(2)12-11(13(17)18)14-15-16(12)9-6-4-5-7-10(9)19-3/h4-8H,1-3H3,(H,17,18). The maximum absolute atomic E-state index is 11.2. The molecule has 0 saturated carbocycles. The first-order valence-corrected chi connectivity index (χ1v) is 5.88. The highest BCUT2D eigenvalue weighted by Gasteiger charge is 2.23. The van der Waals surface area contributed by atoms with E-state index < -0.39 is 5.97 Å². The van der Waals surface area contributed by atoms with Crippen molar-refractivity contribution in [2.45, 2.75) is 19.8 Å². The molecular formula is C13H15N3O3. The highest BCUT2D eigenvalue weighted by molar-refractivity contribution is 5.86. The molecule has 6 nitrogen and oxygen atoms in total. The summed E-state index contributed by atoms with van der Waals surface area (Å²) in [6.07, 6.45) is 0. The molecule has 0 unspecified atom stereocenters. The molecular weight excluding hydrogens is 246 g/mol. The molecule has 0 spiro atoms. The van der Waals surface area contributed by atoms with Crippen molar-refractivity contribution in [1.29, 1.82) is 0 Å². The van der Waals surface area contributed by atoms with Crippen LogP contribution in [0.2, 0.25) is 0 Å². The summed E-state index contributed by atoms with van der Waals surface area (Å²) in [5, 5.41) is 16.8. The minimum Gasteiger partial charge on any atom is -0.494 e. The zero-order valence-electron chi connectivity index (χ0n) is 11.0. The average Bonchev–Trinajstić information content (AvgIpc) is 2.83. The Kier molecular flexibility index (Phi) is 3.50. The molecule has 1 aromatic carbocycles. The smallest absolute Gasteiger partial charge is 0.358 e. The summed E-state index contributed by atoms with van der Waals surface area (Å²) in [6.45, 7) is 3.80. The number of hydrogen-bond acceptors (Lipinski definition) is 4. The summed E-state index contributed by atoms with van der Waals surface area (Å²) < 4.78 is 6.79. The number of rotatable bonds is 4. The first kappa shape index (κ1) is 13.1. The molecule has 0 bridgehead atoms. The van der Waals surface area contributed by atoms with E-state index in [9.17, 15) is 4.79 Å². The van der Waals surface area contributed by atoms with Gasteiger partial charge in [-0.2, -0.15) is 0 Å². The number of nitrogens with zero attached hydrogens (tertiary/aromatic N) is 3. The number of carbonyl (C=O) groups is 1. The zero-order chi connectivity index (χ0) is 14.0. The van der Waals surface area contributed by atoms with Crippen LogP contribution in [0, 0.1) is 0 Å². The van der Waals surface area contributed by atoms with Crippen LogP contribution < -0.4 is 4.74 Å². The molecule has 0 radical (unpaired) electrons. The number of carboxylic acid groups (broad SMARTS) is 1. The molecule has 6 heteroatoms. The Hall–Kier alpha value is -2.37. The Bertz CT molecular complexity index is 605. The zero-order valence-corrected chi connectivity index (χ0v) is 11.0. The van der Waals surface area contributed by atoms with Gasteiger partial charge in [-0.1, -0.05) is 31.2 Å². The molecule has 1 heterocycles. The van der Waals surface area contributed by atoms with Crippen molar-refractivity contribution in [2.24, 2.45) is 0 Å². The van der Waals surface area contributed by atoms with E-state index in [0.717, 1.165) is 0 Å². The lowest BCUT2D eigenvalue weighted by molar-refractivity contribution is 0.0688. The molecule has 0 fully saturated rings. The number of ether oxygens (including phenoxy) is 1. The van der Waals surface area contributed by atoms with Gasteiger partial charge in [-0.05, 0) is 18.1 Å². The van der Waals surface area contributed by atoms with Gasteiger partial charge in [0.2, 0.25) is 0 Å². The normalized spacial score (nSPS) is 10.7. The third kappa shape index (κ3) is 2.29. The third-order valence-electron chi connectivity index (χ3n) is 2.77. The van der Waals surface area contributed by atoms with Crippen LogP contribution in [0.5, 0.6) is 5.75 Å². The van der Waals surface area contributed by atoms with Crippen molar-refractivity contribution in [3.63, 3.8) is 0 Å². The van der Waals surface area contributed by atoms with E-state index >= 15 is 0 Å². The first-order valence-electron chi connectivity index (χ1n) is 5.88. The van der Waals surface area contributed by atoms with Gasteiger partial charge in [-0.25, -0.2) is 9.48 Å². The maximum atomic E-state index is 11.2. The number of para-hydroxylation sites is 2. The van der Waals surface area contributed by atoms with E-state index in [1.54, 1.807) is 13.2 Å². The monoisotopic (exact) mass is 261 g/mol. The van der Waals surface area contributed by atoms with E-state index in [0.29, 0.717) is 17.1 Å². The quantitative estimate of drug-likeness (QED) is 0.911. The van der Waals surface area contributed by atoms with E-state index in [4.69, 9.17) is 9.84 Å². The van der Waals surface area contributed by atoms with Gasteiger partial charge in [0.1, 0.15) is 11.4 Å². The van der Waals surface area contributed by atoms with Crippen molar-refractivity contribution < 1.29 is 14.6 Å². The van der Waals surface area contributed by atoms with Gasteiger partial charge in [-0.3, -0.25) is 0 Å². The number of aromatic carboxylic acids is 1. The fraction of sp³-hybridized carbons (Fsp3) is 0.308. The maximum Gasteiger partial charge on any atom is 0.358 e. The Balaban J connectivity index is 2.66. The molecule has 0 aliphatic rings. The molecule has 0 aliphatic carbocycles. The van der Waals surface area contributed by atoms with Gasteiger partial charge in [0, 0.05) is 0 Å². The molecule has 0 aliphatic heterocycles. The Morgan fingerprint density at radius 1 is 1.37 bits per heavy atom. The van der Waals surface area contributed by atoms with Gasteiger partial charge in [0.05, 0.1) is 12.8 Å². The average molecular weight is 261 g/mol. The van der Waals surface area contributed by atoms with Crippen molar-refractivity contribution >= 4 is 5.97 Å². The largest absolute Gasteiger partial charge is 0.494 e.